The number of nitrogens with one attached hydrogen (secondary N) is 2. The second kappa shape index (κ2) is 6.43. The summed E-state index contributed by atoms with van der Waals surface area (Å²) in [5, 5.41) is 14.8. The molecule has 2 unspecified atom stereocenters. The van der Waals surface area contributed by atoms with Crippen LogP contribution in [0.1, 0.15) is 31.4 Å². The molecule has 0 fully saturated rings. The van der Waals surface area contributed by atoms with Crippen LogP contribution in [0.4, 0.5) is 4.79 Å². The number of urea groups is 1. The standard InChI is InChI=1S/C14H20N2O3/c1-2-10(9-17)15-14(18)16-12-7-8-19-13-6-4-3-5-11(12)13/h3-6,10,12,17H,2,7-9H2,1H3,(H2,15,16,18). The summed E-state index contributed by atoms with van der Waals surface area (Å²) >= 11 is 0. The maximum atomic E-state index is 11.9. The number of aliphatic hydroxyl groups is 1. The molecule has 0 spiro atoms. The third-order valence-corrected chi connectivity index (χ3v) is 3.31. The number of hydrogen-bond donors (Lipinski definition) is 3. The third-order valence-electron chi connectivity index (χ3n) is 3.31. The van der Waals surface area contributed by atoms with Gasteiger partial charge in [0.2, 0.25) is 0 Å². The van der Waals surface area contributed by atoms with Crippen molar-refractivity contribution in [3.05, 3.63) is 29.8 Å². The highest BCUT2D eigenvalue weighted by molar-refractivity contribution is 5.75. The van der Waals surface area contributed by atoms with Crippen molar-refractivity contribution in [3.63, 3.8) is 0 Å². The number of hydrogen-bond acceptors (Lipinski definition) is 3. The Morgan fingerprint density at radius 3 is 3.05 bits per heavy atom. The highest BCUT2D eigenvalue weighted by atomic mass is 16.5. The Bertz CT molecular complexity index is 432. The lowest BCUT2D eigenvalue weighted by Gasteiger charge is -2.27. The monoisotopic (exact) mass is 264 g/mol. The molecule has 0 saturated heterocycles. The van der Waals surface area contributed by atoms with Gasteiger partial charge in [-0.05, 0) is 12.5 Å². The predicted molar refractivity (Wildman–Crippen MR) is 72.1 cm³/mol. The first-order chi connectivity index (χ1) is 9.24. The van der Waals surface area contributed by atoms with E-state index in [1.807, 2.05) is 31.2 Å². The van der Waals surface area contributed by atoms with Crippen molar-refractivity contribution in [2.75, 3.05) is 13.2 Å². The number of carbonyl (C=O) groups excluding carboxylic acids is 1. The van der Waals surface area contributed by atoms with E-state index in [1.165, 1.54) is 0 Å². The highest BCUT2D eigenvalue weighted by Gasteiger charge is 2.23. The van der Waals surface area contributed by atoms with E-state index in [1.54, 1.807) is 0 Å². The molecule has 0 aromatic heterocycles. The molecule has 0 bridgehead atoms. The SMILES string of the molecule is CCC(CO)NC(=O)NC1CCOc2ccccc21. The predicted octanol–water partition coefficient (Wildman–Crippen LogP) is 1.58. The van der Waals surface area contributed by atoms with E-state index < -0.39 is 0 Å². The summed E-state index contributed by atoms with van der Waals surface area (Å²) in [5.74, 6) is 0.827. The quantitative estimate of drug-likeness (QED) is 0.773. The van der Waals surface area contributed by atoms with E-state index in [9.17, 15) is 4.79 Å². The number of carbonyl (C=O) groups is 1. The van der Waals surface area contributed by atoms with Crippen molar-refractivity contribution in [3.8, 4) is 5.75 Å². The van der Waals surface area contributed by atoms with E-state index in [0.717, 1.165) is 17.7 Å². The number of rotatable bonds is 4. The Kier molecular flexibility index (Phi) is 4.63. The minimum absolute atomic E-state index is 0.0406. The molecular weight excluding hydrogens is 244 g/mol. The summed E-state index contributed by atoms with van der Waals surface area (Å²) in [6.07, 6.45) is 1.45. The minimum Gasteiger partial charge on any atom is -0.493 e. The second-order valence-corrected chi connectivity index (χ2v) is 4.63. The smallest absolute Gasteiger partial charge is 0.315 e. The van der Waals surface area contributed by atoms with Crippen molar-refractivity contribution in [1.82, 2.24) is 10.6 Å². The molecular formula is C14H20N2O3. The fraction of sp³-hybridized carbons (Fsp3) is 0.500. The topological polar surface area (TPSA) is 70.6 Å². The van der Waals surface area contributed by atoms with Crippen molar-refractivity contribution in [2.45, 2.75) is 31.8 Å². The summed E-state index contributed by atoms with van der Waals surface area (Å²) < 4.78 is 5.55. The maximum Gasteiger partial charge on any atom is 0.315 e. The van der Waals surface area contributed by atoms with Gasteiger partial charge in [-0.1, -0.05) is 25.1 Å². The molecule has 104 valence electrons. The van der Waals surface area contributed by atoms with Crippen LogP contribution in [0.15, 0.2) is 24.3 Å². The van der Waals surface area contributed by atoms with Gasteiger partial charge < -0.3 is 20.5 Å². The Morgan fingerprint density at radius 2 is 2.32 bits per heavy atom. The lowest BCUT2D eigenvalue weighted by Crippen LogP contribution is -2.45. The Morgan fingerprint density at radius 1 is 1.53 bits per heavy atom. The van der Waals surface area contributed by atoms with E-state index in [2.05, 4.69) is 10.6 Å². The fourth-order valence-corrected chi connectivity index (χ4v) is 2.15. The minimum atomic E-state index is -0.248. The van der Waals surface area contributed by atoms with E-state index in [4.69, 9.17) is 9.84 Å². The zero-order chi connectivity index (χ0) is 13.7. The lowest BCUT2D eigenvalue weighted by molar-refractivity contribution is 0.205. The Hall–Kier alpha value is -1.75. The summed E-state index contributed by atoms with van der Waals surface area (Å²) in [5.41, 5.74) is 1.00. The zero-order valence-corrected chi connectivity index (χ0v) is 11.1. The molecule has 19 heavy (non-hydrogen) atoms. The number of aliphatic hydroxyl groups excluding tert-OH is 1. The molecule has 1 aromatic rings. The van der Waals surface area contributed by atoms with Crippen molar-refractivity contribution < 1.29 is 14.6 Å². The Labute approximate surface area is 113 Å². The molecule has 5 nitrogen and oxygen atoms in total. The molecule has 1 aromatic carbocycles. The van der Waals surface area contributed by atoms with Crippen molar-refractivity contribution >= 4 is 6.03 Å². The van der Waals surface area contributed by atoms with Crippen LogP contribution in [0.2, 0.25) is 0 Å². The van der Waals surface area contributed by atoms with Gasteiger partial charge in [0.05, 0.1) is 25.3 Å². The number of benzene rings is 1. The van der Waals surface area contributed by atoms with Crippen LogP contribution in [0.5, 0.6) is 5.75 Å². The average Bonchev–Trinajstić information content (AvgIpc) is 2.45. The van der Waals surface area contributed by atoms with Crippen LogP contribution in [0.3, 0.4) is 0 Å². The number of amides is 2. The number of para-hydroxylation sites is 1. The second-order valence-electron chi connectivity index (χ2n) is 4.63. The van der Waals surface area contributed by atoms with E-state index in [0.29, 0.717) is 13.0 Å². The number of fused-ring (bicyclic) bond motifs is 1. The van der Waals surface area contributed by atoms with Crippen LogP contribution in [-0.2, 0) is 0 Å². The van der Waals surface area contributed by atoms with Crippen LogP contribution >= 0.6 is 0 Å². The average molecular weight is 264 g/mol. The van der Waals surface area contributed by atoms with Crippen LogP contribution < -0.4 is 15.4 Å². The molecule has 0 saturated carbocycles. The van der Waals surface area contributed by atoms with Gasteiger partial charge in [-0.15, -0.1) is 0 Å². The van der Waals surface area contributed by atoms with E-state index in [-0.39, 0.29) is 24.7 Å². The van der Waals surface area contributed by atoms with Crippen LogP contribution in [-0.4, -0.2) is 30.4 Å². The molecule has 3 N–H and O–H groups in total. The summed E-state index contributed by atoms with van der Waals surface area (Å²) in [7, 11) is 0. The molecule has 2 rings (SSSR count). The van der Waals surface area contributed by atoms with E-state index >= 15 is 0 Å². The van der Waals surface area contributed by atoms with Gasteiger partial charge in [0.25, 0.3) is 0 Å². The molecule has 1 heterocycles. The third kappa shape index (κ3) is 3.38. The summed E-state index contributed by atoms with van der Waals surface area (Å²) in [6, 6.07) is 7.23. The van der Waals surface area contributed by atoms with Gasteiger partial charge >= 0.3 is 6.03 Å². The molecule has 0 radical (unpaired) electrons. The van der Waals surface area contributed by atoms with Crippen LogP contribution in [0, 0.1) is 0 Å². The first-order valence-corrected chi connectivity index (χ1v) is 6.64. The van der Waals surface area contributed by atoms with Gasteiger partial charge in [-0.2, -0.15) is 0 Å². The maximum absolute atomic E-state index is 11.9. The summed E-state index contributed by atoms with van der Waals surface area (Å²) in [4.78, 5) is 11.9. The van der Waals surface area contributed by atoms with Gasteiger partial charge in [-0.25, -0.2) is 4.79 Å². The van der Waals surface area contributed by atoms with Gasteiger partial charge in [0.1, 0.15) is 5.75 Å². The van der Waals surface area contributed by atoms with Crippen molar-refractivity contribution in [1.29, 1.82) is 0 Å². The van der Waals surface area contributed by atoms with Gasteiger partial charge in [0.15, 0.2) is 0 Å². The molecule has 5 heteroatoms. The largest absolute Gasteiger partial charge is 0.493 e. The first-order valence-electron chi connectivity index (χ1n) is 6.64. The Balaban J connectivity index is 1.99. The number of ether oxygens (including phenoxy) is 1. The normalized spacial score (nSPS) is 18.9. The fourth-order valence-electron chi connectivity index (χ4n) is 2.15. The molecule has 1 aliphatic heterocycles. The molecule has 0 aliphatic carbocycles. The van der Waals surface area contributed by atoms with Crippen molar-refractivity contribution in [2.24, 2.45) is 0 Å². The summed E-state index contributed by atoms with van der Waals surface area (Å²) in [6.45, 7) is 2.47. The molecule has 2 amide bonds. The molecule has 1 aliphatic rings. The first kappa shape index (κ1) is 13.7. The lowest BCUT2D eigenvalue weighted by atomic mass is 10.0. The molecule has 2 atom stereocenters. The highest BCUT2D eigenvalue weighted by Crippen LogP contribution is 2.31. The zero-order valence-electron chi connectivity index (χ0n) is 11.1. The van der Waals surface area contributed by atoms with Gasteiger partial charge in [0, 0.05) is 12.0 Å². The van der Waals surface area contributed by atoms with Gasteiger partial charge in [-0.3, -0.25) is 0 Å². The van der Waals surface area contributed by atoms with Crippen LogP contribution in [0.25, 0.3) is 0 Å².